The Morgan fingerprint density at radius 2 is 1.65 bits per heavy atom. The maximum absolute atomic E-state index is 6.07. The first-order valence-electron chi connectivity index (χ1n) is 5.91. The second kappa shape index (κ2) is 6.99. The van der Waals surface area contributed by atoms with Crippen molar-refractivity contribution in [1.29, 1.82) is 0 Å². The molecule has 0 fully saturated rings. The summed E-state index contributed by atoms with van der Waals surface area (Å²) in [6.45, 7) is 0.681. The molecule has 0 amide bonds. The lowest BCUT2D eigenvalue weighted by Gasteiger charge is -2.10. The third kappa shape index (κ3) is 3.90. The molecule has 20 heavy (non-hydrogen) atoms. The molecule has 0 saturated heterocycles. The Hall–Kier alpha value is -1.20. The smallest absolute Gasteiger partial charge is 0.161 e. The van der Waals surface area contributed by atoms with Crippen molar-refractivity contribution in [1.82, 2.24) is 4.98 Å². The van der Waals surface area contributed by atoms with E-state index in [-0.39, 0.29) is 0 Å². The molecule has 0 bridgehead atoms. The van der Waals surface area contributed by atoms with Crippen LogP contribution < -0.4 is 16.6 Å². The monoisotopic (exact) mass is 330 g/mol. The largest absolute Gasteiger partial charge is 0.368 e. The summed E-state index contributed by atoms with van der Waals surface area (Å²) in [7, 11) is 0. The molecule has 106 valence electrons. The number of benzene rings is 1. The first kappa shape index (κ1) is 15.2. The standard InChI is InChI=1S/C13H13Cl3N4/c14-9-3-1-8(2-4-9)5-6-18-12-10(15)7-11(16)13(19-12)20-17/h1-4,7H,5-6,17H2,(H2,18,19,20). The molecule has 0 aliphatic heterocycles. The molecule has 0 saturated carbocycles. The second-order valence-electron chi connectivity index (χ2n) is 4.10. The van der Waals surface area contributed by atoms with Gasteiger partial charge in [0.1, 0.15) is 5.82 Å². The van der Waals surface area contributed by atoms with Crippen LogP contribution in [-0.2, 0) is 6.42 Å². The van der Waals surface area contributed by atoms with Crippen LogP contribution in [0, 0.1) is 0 Å². The summed E-state index contributed by atoms with van der Waals surface area (Å²) in [6.07, 6.45) is 0.823. The zero-order valence-corrected chi connectivity index (χ0v) is 12.7. The fourth-order valence-corrected chi connectivity index (χ4v) is 2.27. The first-order chi connectivity index (χ1) is 9.60. The lowest BCUT2D eigenvalue weighted by atomic mass is 10.1. The Labute approximate surface area is 132 Å². The summed E-state index contributed by atoms with van der Waals surface area (Å²) < 4.78 is 0. The van der Waals surface area contributed by atoms with Crippen molar-refractivity contribution in [2.24, 2.45) is 5.84 Å². The third-order valence-electron chi connectivity index (χ3n) is 2.69. The summed E-state index contributed by atoms with van der Waals surface area (Å²) in [5.41, 5.74) is 3.59. The van der Waals surface area contributed by atoms with Crippen LogP contribution in [0.2, 0.25) is 15.1 Å². The van der Waals surface area contributed by atoms with E-state index in [4.69, 9.17) is 40.6 Å². The van der Waals surface area contributed by atoms with E-state index in [0.717, 1.165) is 11.4 Å². The number of hydrogen-bond donors (Lipinski definition) is 3. The van der Waals surface area contributed by atoms with E-state index in [1.807, 2.05) is 24.3 Å². The lowest BCUT2D eigenvalue weighted by molar-refractivity contribution is 1.01. The first-order valence-corrected chi connectivity index (χ1v) is 7.04. The quantitative estimate of drug-likeness (QED) is 0.573. The summed E-state index contributed by atoms with van der Waals surface area (Å²) in [6, 6.07) is 9.28. The van der Waals surface area contributed by atoms with Gasteiger partial charge in [0.05, 0.1) is 10.0 Å². The van der Waals surface area contributed by atoms with Gasteiger partial charge in [0, 0.05) is 11.6 Å². The Morgan fingerprint density at radius 3 is 2.30 bits per heavy atom. The van der Waals surface area contributed by atoms with Crippen LogP contribution in [0.1, 0.15) is 5.56 Å². The number of halogens is 3. The molecule has 0 spiro atoms. The van der Waals surface area contributed by atoms with Gasteiger partial charge in [-0.15, -0.1) is 0 Å². The van der Waals surface area contributed by atoms with Gasteiger partial charge < -0.3 is 10.7 Å². The zero-order chi connectivity index (χ0) is 14.5. The molecule has 0 atom stereocenters. The van der Waals surface area contributed by atoms with Crippen molar-refractivity contribution in [3.05, 3.63) is 51.0 Å². The molecule has 1 heterocycles. The molecule has 2 rings (SSSR count). The van der Waals surface area contributed by atoms with Crippen LogP contribution in [0.4, 0.5) is 11.6 Å². The number of rotatable bonds is 5. The Balaban J connectivity index is 1.98. The molecule has 7 heteroatoms. The van der Waals surface area contributed by atoms with Crippen molar-refractivity contribution in [2.45, 2.75) is 6.42 Å². The number of aromatic nitrogens is 1. The summed E-state index contributed by atoms with van der Waals surface area (Å²) >= 11 is 17.8. The number of nitrogens with zero attached hydrogens (tertiary/aromatic N) is 1. The van der Waals surface area contributed by atoms with Gasteiger partial charge in [-0.1, -0.05) is 46.9 Å². The molecule has 1 aromatic carbocycles. The Kier molecular flexibility index (Phi) is 5.31. The van der Waals surface area contributed by atoms with E-state index >= 15 is 0 Å². The van der Waals surface area contributed by atoms with E-state index in [9.17, 15) is 0 Å². The number of nitrogens with one attached hydrogen (secondary N) is 2. The molecule has 0 unspecified atom stereocenters. The van der Waals surface area contributed by atoms with Gasteiger partial charge in [-0.2, -0.15) is 0 Å². The number of hydrogen-bond acceptors (Lipinski definition) is 4. The Bertz CT molecular complexity index is 587. The normalized spacial score (nSPS) is 10.4. The van der Waals surface area contributed by atoms with Crippen molar-refractivity contribution >= 4 is 46.4 Å². The highest BCUT2D eigenvalue weighted by molar-refractivity contribution is 6.37. The van der Waals surface area contributed by atoms with Gasteiger partial charge in [0.15, 0.2) is 5.82 Å². The van der Waals surface area contributed by atoms with Crippen LogP contribution in [0.25, 0.3) is 0 Å². The average molecular weight is 332 g/mol. The van der Waals surface area contributed by atoms with Crippen LogP contribution in [0.15, 0.2) is 30.3 Å². The molecule has 1 aromatic heterocycles. The molecular weight excluding hydrogens is 319 g/mol. The van der Waals surface area contributed by atoms with E-state index in [1.54, 1.807) is 6.07 Å². The van der Waals surface area contributed by atoms with Gasteiger partial charge in [0.25, 0.3) is 0 Å². The van der Waals surface area contributed by atoms with Gasteiger partial charge in [-0.25, -0.2) is 10.8 Å². The minimum absolute atomic E-state index is 0.376. The zero-order valence-electron chi connectivity index (χ0n) is 10.5. The van der Waals surface area contributed by atoms with Gasteiger partial charge in [-0.3, -0.25) is 0 Å². The van der Waals surface area contributed by atoms with E-state index in [2.05, 4.69) is 15.7 Å². The van der Waals surface area contributed by atoms with Crippen molar-refractivity contribution in [3.8, 4) is 0 Å². The van der Waals surface area contributed by atoms with Gasteiger partial charge >= 0.3 is 0 Å². The van der Waals surface area contributed by atoms with Gasteiger partial charge in [0.2, 0.25) is 0 Å². The molecule has 4 N–H and O–H groups in total. The maximum atomic E-state index is 6.07. The molecule has 4 nitrogen and oxygen atoms in total. The molecule has 2 aromatic rings. The fourth-order valence-electron chi connectivity index (χ4n) is 1.67. The average Bonchev–Trinajstić information content (AvgIpc) is 2.43. The van der Waals surface area contributed by atoms with Gasteiger partial charge in [-0.05, 0) is 30.2 Å². The topological polar surface area (TPSA) is 63.0 Å². The van der Waals surface area contributed by atoms with Crippen molar-refractivity contribution < 1.29 is 0 Å². The number of hydrazine groups is 1. The van der Waals surface area contributed by atoms with Crippen LogP contribution in [-0.4, -0.2) is 11.5 Å². The highest BCUT2D eigenvalue weighted by Crippen LogP contribution is 2.28. The fraction of sp³-hybridized carbons (Fsp3) is 0.154. The highest BCUT2D eigenvalue weighted by atomic mass is 35.5. The van der Waals surface area contributed by atoms with Crippen LogP contribution in [0.3, 0.4) is 0 Å². The lowest BCUT2D eigenvalue weighted by Crippen LogP contribution is -2.12. The number of nitrogens with two attached hydrogens (primary N) is 1. The molecule has 0 radical (unpaired) electrons. The highest BCUT2D eigenvalue weighted by Gasteiger charge is 2.08. The summed E-state index contributed by atoms with van der Waals surface area (Å²) in [5.74, 6) is 6.24. The molecule has 0 aliphatic rings. The maximum Gasteiger partial charge on any atom is 0.161 e. The van der Waals surface area contributed by atoms with E-state index in [1.165, 1.54) is 5.56 Å². The second-order valence-corrected chi connectivity index (χ2v) is 5.35. The minimum Gasteiger partial charge on any atom is -0.368 e. The number of pyridine rings is 1. The number of nitrogen functional groups attached to an aromatic ring is 1. The Morgan fingerprint density at radius 1 is 1.00 bits per heavy atom. The summed E-state index contributed by atoms with van der Waals surface area (Å²) in [5, 5.41) is 4.70. The predicted octanol–water partition coefficient (Wildman–Crippen LogP) is 3.98. The molecule has 0 aliphatic carbocycles. The van der Waals surface area contributed by atoms with Crippen LogP contribution >= 0.6 is 34.8 Å². The van der Waals surface area contributed by atoms with Crippen LogP contribution in [0.5, 0.6) is 0 Å². The summed E-state index contributed by atoms with van der Waals surface area (Å²) in [4.78, 5) is 4.20. The van der Waals surface area contributed by atoms with E-state index in [0.29, 0.717) is 28.2 Å². The van der Waals surface area contributed by atoms with Crippen molar-refractivity contribution in [3.63, 3.8) is 0 Å². The number of anilines is 2. The van der Waals surface area contributed by atoms with Crippen molar-refractivity contribution in [2.75, 3.05) is 17.3 Å². The molecular formula is C13H13Cl3N4. The minimum atomic E-state index is 0.376. The SMILES string of the molecule is NNc1nc(NCCc2ccc(Cl)cc2)c(Cl)cc1Cl. The third-order valence-corrected chi connectivity index (χ3v) is 3.51. The van der Waals surface area contributed by atoms with E-state index < -0.39 is 0 Å². The predicted molar refractivity (Wildman–Crippen MR) is 85.7 cm³/mol.